The molecule has 90 valence electrons. The van der Waals surface area contributed by atoms with Gasteiger partial charge < -0.3 is 9.67 Å². The van der Waals surface area contributed by atoms with Crippen LogP contribution in [0.4, 0.5) is 0 Å². The predicted octanol–water partition coefficient (Wildman–Crippen LogP) is 1.93. The van der Waals surface area contributed by atoms with Crippen molar-refractivity contribution in [2.24, 2.45) is 7.05 Å². The summed E-state index contributed by atoms with van der Waals surface area (Å²) in [6.07, 6.45) is 6.22. The standard InChI is InChI=1S/C11H12BrN3O2/c1-14-6-8(5-13-14)2-3-15-7-9(11(16)17)4-10(15)12/h4-7H,2-3H2,1H3,(H,16,17). The maximum absolute atomic E-state index is 10.8. The summed E-state index contributed by atoms with van der Waals surface area (Å²) in [5.41, 5.74) is 1.42. The molecule has 0 saturated heterocycles. The zero-order valence-corrected chi connectivity index (χ0v) is 10.9. The first-order valence-corrected chi connectivity index (χ1v) is 5.92. The highest BCUT2D eigenvalue weighted by molar-refractivity contribution is 9.10. The first kappa shape index (κ1) is 11.9. The van der Waals surface area contributed by atoms with Gasteiger partial charge in [0.15, 0.2) is 0 Å². The van der Waals surface area contributed by atoms with Crippen LogP contribution in [0.5, 0.6) is 0 Å². The first-order chi connectivity index (χ1) is 8.06. The summed E-state index contributed by atoms with van der Waals surface area (Å²) in [7, 11) is 1.87. The Kier molecular flexibility index (Phi) is 3.33. The lowest BCUT2D eigenvalue weighted by Gasteiger charge is -2.02. The molecule has 5 nitrogen and oxygen atoms in total. The molecular weight excluding hydrogens is 286 g/mol. The topological polar surface area (TPSA) is 60.0 Å². The van der Waals surface area contributed by atoms with E-state index in [1.54, 1.807) is 16.9 Å². The van der Waals surface area contributed by atoms with Gasteiger partial charge in [-0.05, 0) is 34.0 Å². The Morgan fingerprint density at radius 3 is 2.82 bits per heavy atom. The van der Waals surface area contributed by atoms with Gasteiger partial charge >= 0.3 is 5.97 Å². The van der Waals surface area contributed by atoms with Gasteiger partial charge in [0, 0.05) is 26.0 Å². The number of rotatable bonds is 4. The molecule has 0 bridgehead atoms. The molecule has 0 spiro atoms. The number of nitrogens with zero attached hydrogens (tertiary/aromatic N) is 3. The van der Waals surface area contributed by atoms with Crippen molar-refractivity contribution in [2.75, 3.05) is 0 Å². The van der Waals surface area contributed by atoms with Crippen LogP contribution in [0.15, 0.2) is 29.3 Å². The van der Waals surface area contributed by atoms with E-state index in [9.17, 15) is 4.79 Å². The fraction of sp³-hybridized carbons (Fsp3) is 0.273. The largest absolute Gasteiger partial charge is 0.478 e. The number of aromatic carboxylic acids is 1. The Bertz CT molecular complexity index is 545. The van der Waals surface area contributed by atoms with Gasteiger partial charge in [-0.1, -0.05) is 0 Å². The van der Waals surface area contributed by atoms with Crippen LogP contribution < -0.4 is 0 Å². The molecule has 2 aromatic heterocycles. The van der Waals surface area contributed by atoms with Crippen molar-refractivity contribution in [3.05, 3.63) is 40.4 Å². The van der Waals surface area contributed by atoms with Crippen LogP contribution >= 0.6 is 15.9 Å². The van der Waals surface area contributed by atoms with E-state index in [0.29, 0.717) is 5.56 Å². The second kappa shape index (κ2) is 4.75. The minimum absolute atomic E-state index is 0.295. The lowest BCUT2D eigenvalue weighted by Crippen LogP contribution is -2.00. The molecule has 6 heteroatoms. The molecule has 0 unspecified atom stereocenters. The summed E-state index contributed by atoms with van der Waals surface area (Å²) in [4.78, 5) is 10.8. The third-order valence-corrected chi connectivity index (χ3v) is 3.18. The predicted molar refractivity (Wildman–Crippen MR) is 66.0 cm³/mol. The highest BCUT2D eigenvalue weighted by Crippen LogP contribution is 2.16. The summed E-state index contributed by atoms with van der Waals surface area (Å²) in [6.45, 7) is 0.722. The number of halogens is 1. The summed E-state index contributed by atoms with van der Waals surface area (Å²) in [6, 6.07) is 1.60. The van der Waals surface area contributed by atoms with Crippen LogP contribution in [-0.4, -0.2) is 25.4 Å². The Morgan fingerprint density at radius 2 is 2.29 bits per heavy atom. The van der Waals surface area contributed by atoms with Crippen molar-refractivity contribution < 1.29 is 9.90 Å². The molecule has 0 atom stereocenters. The molecule has 2 rings (SSSR count). The number of carbonyl (C=O) groups is 1. The Morgan fingerprint density at radius 1 is 1.53 bits per heavy atom. The normalized spacial score (nSPS) is 10.7. The van der Waals surface area contributed by atoms with Gasteiger partial charge in [0.2, 0.25) is 0 Å². The molecule has 0 radical (unpaired) electrons. The number of carboxylic acids is 1. The van der Waals surface area contributed by atoms with Gasteiger partial charge in [-0.2, -0.15) is 5.10 Å². The van der Waals surface area contributed by atoms with Crippen molar-refractivity contribution in [3.8, 4) is 0 Å². The molecule has 0 aliphatic heterocycles. The van der Waals surface area contributed by atoms with Crippen molar-refractivity contribution in [1.29, 1.82) is 0 Å². The summed E-state index contributed by atoms with van der Waals surface area (Å²) < 4.78 is 4.40. The smallest absolute Gasteiger partial charge is 0.337 e. The van der Waals surface area contributed by atoms with E-state index in [1.165, 1.54) is 0 Å². The minimum Gasteiger partial charge on any atom is -0.478 e. The fourth-order valence-electron chi connectivity index (χ4n) is 1.62. The quantitative estimate of drug-likeness (QED) is 0.938. The average Bonchev–Trinajstić information content (AvgIpc) is 2.82. The third-order valence-electron chi connectivity index (χ3n) is 2.49. The van der Waals surface area contributed by atoms with Gasteiger partial charge in [-0.3, -0.25) is 4.68 Å². The molecule has 2 aromatic rings. The summed E-state index contributed by atoms with van der Waals surface area (Å²) in [5, 5.41) is 13.0. The lowest BCUT2D eigenvalue weighted by molar-refractivity contribution is 0.0697. The van der Waals surface area contributed by atoms with E-state index in [2.05, 4.69) is 21.0 Å². The molecule has 17 heavy (non-hydrogen) atoms. The number of hydrogen-bond acceptors (Lipinski definition) is 2. The van der Waals surface area contributed by atoms with Crippen LogP contribution in [0, 0.1) is 0 Å². The van der Waals surface area contributed by atoms with Crippen molar-refractivity contribution in [1.82, 2.24) is 14.3 Å². The van der Waals surface area contributed by atoms with E-state index >= 15 is 0 Å². The number of aromatic nitrogens is 3. The van der Waals surface area contributed by atoms with Crippen LogP contribution in [0.3, 0.4) is 0 Å². The summed E-state index contributed by atoms with van der Waals surface area (Å²) in [5.74, 6) is -0.911. The third kappa shape index (κ3) is 2.76. The zero-order valence-electron chi connectivity index (χ0n) is 9.30. The van der Waals surface area contributed by atoms with Crippen molar-refractivity contribution >= 4 is 21.9 Å². The van der Waals surface area contributed by atoms with Crippen molar-refractivity contribution in [3.63, 3.8) is 0 Å². The van der Waals surface area contributed by atoms with Crippen LogP contribution in [0.25, 0.3) is 0 Å². The molecule has 0 aromatic carbocycles. The van der Waals surface area contributed by atoms with Gasteiger partial charge in [-0.25, -0.2) is 4.79 Å². The Labute approximate surface area is 107 Å². The second-order valence-electron chi connectivity index (χ2n) is 3.82. The maximum Gasteiger partial charge on any atom is 0.337 e. The van der Waals surface area contributed by atoms with E-state index < -0.39 is 5.97 Å². The number of hydrogen-bond donors (Lipinski definition) is 1. The van der Waals surface area contributed by atoms with Crippen LogP contribution in [0.1, 0.15) is 15.9 Å². The molecular formula is C11H12BrN3O2. The van der Waals surface area contributed by atoms with Gasteiger partial charge in [0.1, 0.15) is 0 Å². The molecule has 0 aliphatic carbocycles. The summed E-state index contributed by atoms with van der Waals surface area (Å²) >= 11 is 3.34. The molecule has 0 saturated carbocycles. The van der Waals surface area contributed by atoms with Crippen molar-refractivity contribution in [2.45, 2.75) is 13.0 Å². The molecule has 0 fully saturated rings. The van der Waals surface area contributed by atoms with Gasteiger partial charge in [-0.15, -0.1) is 0 Å². The Hall–Kier alpha value is -1.56. The van der Waals surface area contributed by atoms with E-state index in [4.69, 9.17) is 5.11 Å². The van der Waals surface area contributed by atoms with E-state index in [1.807, 2.05) is 24.0 Å². The minimum atomic E-state index is -0.911. The highest BCUT2D eigenvalue weighted by atomic mass is 79.9. The maximum atomic E-state index is 10.8. The van der Waals surface area contributed by atoms with Gasteiger partial charge in [0.05, 0.1) is 16.4 Å². The molecule has 2 heterocycles. The van der Waals surface area contributed by atoms with E-state index in [-0.39, 0.29) is 0 Å². The SMILES string of the molecule is Cn1cc(CCn2cc(C(=O)O)cc2Br)cn1. The highest BCUT2D eigenvalue weighted by Gasteiger charge is 2.09. The molecule has 1 N–H and O–H groups in total. The average molecular weight is 298 g/mol. The fourth-order valence-corrected chi connectivity index (χ4v) is 2.14. The first-order valence-electron chi connectivity index (χ1n) is 5.13. The van der Waals surface area contributed by atoms with Crippen LogP contribution in [-0.2, 0) is 20.0 Å². The molecule has 0 amide bonds. The molecule has 0 aliphatic rings. The zero-order chi connectivity index (χ0) is 12.4. The Balaban J connectivity index is 2.06. The van der Waals surface area contributed by atoms with Crippen LogP contribution in [0.2, 0.25) is 0 Å². The lowest BCUT2D eigenvalue weighted by atomic mass is 10.2. The van der Waals surface area contributed by atoms with Gasteiger partial charge in [0.25, 0.3) is 0 Å². The number of carboxylic acid groups (broad SMARTS) is 1. The van der Waals surface area contributed by atoms with E-state index in [0.717, 1.165) is 23.1 Å². The monoisotopic (exact) mass is 297 g/mol. The number of aryl methyl sites for hydroxylation is 3. The second-order valence-corrected chi connectivity index (χ2v) is 4.63.